The zero-order valence-corrected chi connectivity index (χ0v) is 10.6. The summed E-state index contributed by atoms with van der Waals surface area (Å²) in [5.41, 5.74) is 0.534. The lowest BCUT2D eigenvalue weighted by molar-refractivity contribution is -0.0826. The van der Waals surface area contributed by atoms with Gasteiger partial charge in [0.1, 0.15) is 10.7 Å². The minimum atomic E-state index is -0.436. The molecule has 0 bridgehead atoms. The van der Waals surface area contributed by atoms with E-state index in [1.807, 2.05) is 6.07 Å². The Bertz CT molecular complexity index is 354. The molecular formula is C11H11IO4. The van der Waals surface area contributed by atoms with Gasteiger partial charge in [0.05, 0.1) is 12.2 Å². The van der Waals surface area contributed by atoms with E-state index in [9.17, 15) is 4.79 Å². The smallest absolute Gasteiger partial charge is 0.338 e. The van der Waals surface area contributed by atoms with Crippen LogP contribution in [0.1, 0.15) is 10.4 Å². The van der Waals surface area contributed by atoms with Gasteiger partial charge in [0.15, 0.2) is 6.29 Å². The van der Waals surface area contributed by atoms with Crippen molar-refractivity contribution in [3.63, 3.8) is 0 Å². The molecule has 0 aliphatic carbocycles. The lowest BCUT2D eigenvalue weighted by Gasteiger charge is -2.09. The van der Waals surface area contributed by atoms with E-state index in [0.717, 1.165) is 0 Å². The Morgan fingerprint density at radius 2 is 2.19 bits per heavy atom. The molecule has 16 heavy (non-hydrogen) atoms. The van der Waals surface area contributed by atoms with Crippen molar-refractivity contribution in [1.82, 2.24) is 0 Å². The van der Waals surface area contributed by atoms with Crippen LogP contribution in [0.25, 0.3) is 0 Å². The maximum atomic E-state index is 11.5. The SMILES string of the molecule is O=C(OC[C@@H]1OC[C@@H](I)O1)c1ccccc1. The largest absolute Gasteiger partial charge is 0.457 e. The molecule has 1 aliphatic heterocycles. The van der Waals surface area contributed by atoms with E-state index in [0.29, 0.717) is 12.2 Å². The average molecular weight is 334 g/mol. The molecule has 1 fully saturated rings. The Hall–Kier alpha value is -0.660. The van der Waals surface area contributed by atoms with Gasteiger partial charge in [-0.05, 0) is 34.7 Å². The van der Waals surface area contributed by atoms with Crippen molar-refractivity contribution in [2.24, 2.45) is 0 Å². The van der Waals surface area contributed by atoms with Gasteiger partial charge in [0.2, 0.25) is 0 Å². The van der Waals surface area contributed by atoms with E-state index in [1.165, 1.54) is 0 Å². The minimum Gasteiger partial charge on any atom is -0.457 e. The van der Waals surface area contributed by atoms with Crippen LogP contribution >= 0.6 is 22.6 Å². The molecule has 1 saturated heterocycles. The summed E-state index contributed by atoms with van der Waals surface area (Å²) in [6, 6.07) is 8.85. The normalized spacial score (nSPS) is 24.3. The maximum absolute atomic E-state index is 11.5. The highest BCUT2D eigenvalue weighted by molar-refractivity contribution is 14.1. The fourth-order valence-electron chi connectivity index (χ4n) is 1.31. The van der Waals surface area contributed by atoms with E-state index in [-0.39, 0.29) is 16.7 Å². The van der Waals surface area contributed by atoms with Crippen LogP contribution in [-0.4, -0.2) is 29.6 Å². The van der Waals surface area contributed by atoms with E-state index in [4.69, 9.17) is 14.2 Å². The number of benzene rings is 1. The summed E-state index contributed by atoms with van der Waals surface area (Å²) in [6.45, 7) is 0.668. The number of rotatable bonds is 3. The number of carbonyl (C=O) groups is 1. The van der Waals surface area contributed by atoms with Crippen LogP contribution in [0.15, 0.2) is 30.3 Å². The second-order valence-corrected chi connectivity index (χ2v) is 4.66. The van der Waals surface area contributed by atoms with E-state index < -0.39 is 6.29 Å². The molecule has 1 heterocycles. The number of ether oxygens (including phenoxy) is 3. The molecule has 1 aromatic carbocycles. The molecule has 1 aliphatic rings. The van der Waals surface area contributed by atoms with Crippen LogP contribution in [0.5, 0.6) is 0 Å². The van der Waals surface area contributed by atoms with Crippen molar-refractivity contribution in [1.29, 1.82) is 0 Å². The van der Waals surface area contributed by atoms with Gasteiger partial charge < -0.3 is 14.2 Å². The van der Waals surface area contributed by atoms with E-state index in [1.54, 1.807) is 24.3 Å². The summed E-state index contributed by atoms with van der Waals surface area (Å²) < 4.78 is 15.7. The molecular weight excluding hydrogens is 323 g/mol. The van der Waals surface area contributed by atoms with Gasteiger partial charge in [0.25, 0.3) is 0 Å². The number of carbonyl (C=O) groups excluding carboxylic acids is 1. The van der Waals surface area contributed by atoms with Crippen molar-refractivity contribution in [2.75, 3.05) is 13.2 Å². The summed E-state index contributed by atoms with van der Waals surface area (Å²) >= 11 is 2.13. The standard InChI is InChI=1S/C11H11IO4/c12-9-6-14-10(16-9)7-15-11(13)8-4-2-1-3-5-8/h1-5,9-10H,6-7H2/t9-,10+/m0/s1. The highest BCUT2D eigenvalue weighted by atomic mass is 127. The van der Waals surface area contributed by atoms with Gasteiger partial charge in [-0.2, -0.15) is 0 Å². The van der Waals surface area contributed by atoms with Gasteiger partial charge in [0, 0.05) is 0 Å². The van der Waals surface area contributed by atoms with Crippen molar-refractivity contribution >= 4 is 28.6 Å². The Morgan fingerprint density at radius 1 is 1.44 bits per heavy atom. The first-order chi connectivity index (χ1) is 7.75. The third kappa shape index (κ3) is 3.16. The van der Waals surface area contributed by atoms with Crippen LogP contribution in [-0.2, 0) is 14.2 Å². The number of hydrogen-bond acceptors (Lipinski definition) is 4. The quantitative estimate of drug-likeness (QED) is 0.482. The summed E-state index contributed by atoms with van der Waals surface area (Å²) in [4.78, 5) is 11.5. The van der Waals surface area contributed by atoms with E-state index >= 15 is 0 Å². The average Bonchev–Trinajstić information content (AvgIpc) is 2.73. The molecule has 0 saturated carbocycles. The molecule has 0 spiro atoms. The minimum absolute atomic E-state index is 0.0398. The van der Waals surface area contributed by atoms with Crippen molar-refractivity contribution in [2.45, 2.75) is 10.4 Å². The molecule has 0 unspecified atom stereocenters. The van der Waals surface area contributed by atoms with Gasteiger partial charge in [-0.1, -0.05) is 18.2 Å². The third-order valence-electron chi connectivity index (χ3n) is 2.07. The first-order valence-electron chi connectivity index (χ1n) is 4.89. The van der Waals surface area contributed by atoms with Crippen LogP contribution in [0.2, 0.25) is 0 Å². The highest BCUT2D eigenvalue weighted by Gasteiger charge is 2.24. The highest BCUT2D eigenvalue weighted by Crippen LogP contribution is 2.17. The van der Waals surface area contributed by atoms with Crippen LogP contribution in [0, 0.1) is 0 Å². The monoisotopic (exact) mass is 334 g/mol. The lowest BCUT2D eigenvalue weighted by atomic mass is 10.2. The Balaban J connectivity index is 1.80. The molecule has 0 N–H and O–H groups in total. The van der Waals surface area contributed by atoms with Crippen LogP contribution < -0.4 is 0 Å². The molecule has 0 radical (unpaired) electrons. The molecule has 2 atom stereocenters. The number of hydrogen-bond donors (Lipinski definition) is 0. The zero-order valence-electron chi connectivity index (χ0n) is 8.47. The van der Waals surface area contributed by atoms with E-state index in [2.05, 4.69) is 22.6 Å². The summed E-state index contributed by atoms with van der Waals surface area (Å²) in [6.07, 6.45) is -0.436. The lowest BCUT2D eigenvalue weighted by Crippen LogP contribution is -2.19. The summed E-state index contributed by atoms with van der Waals surface area (Å²) in [7, 11) is 0. The fourth-order valence-corrected chi connectivity index (χ4v) is 1.85. The molecule has 86 valence electrons. The first kappa shape index (κ1) is 11.8. The van der Waals surface area contributed by atoms with Crippen molar-refractivity contribution in [3.8, 4) is 0 Å². The second-order valence-electron chi connectivity index (χ2n) is 3.27. The zero-order chi connectivity index (χ0) is 11.4. The maximum Gasteiger partial charge on any atom is 0.338 e. The number of alkyl halides is 1. The van der Waals surface area contributed by atoms with Crippen molar-refractivity contribution in [3.05, 3.63) is 35.9 Å². The fraction of sp³-hybridized carbons (Fsp3) is 0.364. The number of halogens is 1. The van der Waals surface area contributed by atoms with Gasteiger partial charge in [-0.3, -0.25) is 0 Å². The first-order valence-corrected chi connectivity index (χ1v) is 6.13. The molecule has 1 aromatic rings. The molecule has 4 nitrogen and oxygen atoms in total. The molecule has 0 aromatic heterocycles. The van der Waals surface area contributed by atoms with Crippen molar-refractivity contribution < 1.29 is 19.0 Å². The Labute approximate surface area is 107 Å². The van der Waals surface area contributed by atoms with Crippen LogP contribution in [0.4, 0.5) is 0 Å². The molecule has 0 amide bonds. The van der Waals surface area contributed by atoms with Crippen LogP contribution in [0.3, 0.4) is 0 Å². The predicted octanol–water partition coefficient (Wildman–Crippen LogP) is 1.98. The summed E-state index contributed by atoms with van der Waals surface area (Å²) in [5, 5.41) is 0. The Morgan fingerprint density at radius 3 is 2.81 bits per heavy atom. The third-order valence-corrected chi connectivity index (χ3v) is 2.73. The molecule has 2 rings (SSSR count). The molecule has 5 heteroatoms. The predicted molar refractivity (Wildman–Crippen MR) is 65.4 cm³/mol. The Kier molecular flexibility index (Phi) is 4.14. The topological polar surface area (TPSA) is 44.8 Å². The van der Waals surface area contributed by atoms with Gasteiger partial charge >= 0.3 is 5.97 Å². The second kappa shape index (κ2) is 5.60. The van der Waals surface area contributed by atoms with Gasteiger partial charge in [-0.15, -0.1) is 0 Å². The van der Waals surface area contributed by atoms with Gasteiger partial charge in [-0.25, -0.2) is 4.79 Å². The number of esters is 1. The summed E-state index contributed by atoms with van der Waals surface area (Å²) in [5.74, 6) is -0.357.